The minimum absolute atomic E-state index is 0.243. The summed E-state index contributed by atoms with van der Waals surface area (Å²) in [5, 5.41) is 13.7. The summed E-state index contributed by atoms with van der Waals surface area (Å²) >= 11 is 0. The van der Waals surface area contributed by atoms with Gasteiger partial charge in [0.2, 0.25) is 0 Å². The zero-order valence-corrected chi connectivity index (χ0v) is 16.3. The first-order valence-electron chi connectivity index (χ1n) is 9.27. The van der Waals surface area contributed by atoms with Gasteiger partial charge in [0, 0.05) is 31.4 Å². The number of carbonyl (C=O) groups is 1. The molecule has 2 rings (SSSR count). The smallest absolute Gasteiger partial charge is 0.422 e. The lowest BCUT2D eigenvalue weighted by molar-refractivity contribution is -0.385. The van der Waals surface area contributed by atoms with E-state index in [1.165, 1.54) is 0 Å². The molecule has 0 aromatic heterocycles. The normalized spacial score (nSPS) is 11.1. The number of carbonyl (C=O) groups excluding carboxylic acids is 1. The number of ether oxygens (including phenoxy) is 1. The number of amides is 1. The fourth-order valence-electron chi connectivity index (χ4n) is 2.79. The Bertz CT molecular complexity index is 860. The molecule has 0 atom stereocenters. The summed E-state index contributed by atoms with van der Waals surface area (Å²) in [7, 11) is 0. The van der Waals surface area contributed by atoms with E-state index >= 15 is 0 Å². The molecule has 0 heterocycles. The molecule has 30 heavy (non-hydrogen) atoms. The van der Waals surface area contributed by atoms with Gasteiger partial charge in [-0.2, -0.15) is 13.2 Å². The Hall–Kier alpha value is -3.30. The highest BCUT2D eigenvalue weighted by Gasteiger charge is 2.29. The number of nitro benzene ring substituents is 1. The SMILES string of the molecule is CCN(CCCNC(=O)c1cc(OCC(F)(F)F)ccc1[N+](=O)[O-])c1ccccc1. The topological polar surface area (TPSA) is 84.7 Å². The lowest BCUT2D eigenvalue weighted by atomic mass is 10.1. The molecule has 2 aromatic rings. The molecule has 0 saturated heterocycles. The molecule has 0 unspecified atom stereocenters. The van der Waals surface area contributed by atoms with Crippen LogP contribution in [-0.4, -0.2) is 43.2 Å². The first-order chi connectivity index (χ1) is 14.2. The molecule has 0 radical (unpaired) electrons. The van der Waals surface area contributed by atoms with Gasteiger partial charge >= 0.3 is 6.18 Å². The van der Waals surface area contributed by atoms with Gasteiger partial charge in [0.05, 0.1) is 4.92 Å². The summed E-state index contributed by atoms with van der Waals surface area (Å²) < 4.78 is 41.5. The summed E-state index contributed by atoms with van der Waals surface area (Å²) in [4.78, 5) is 24.9. The van der Waals surface area contributed by atoms with E-state index in [1.807, 2.05) is 37.3 Å². The Labute approximate surface area is 171 Å². The molecule has 1 amide bonds. The number of alkyl halides is 3. The maximum atomic E-state index is 12.4. The van der Waals surface area contributed by atoms with E-state index in [1.54, 1.807) is 0 Å². The highest BCUT2D eigenvalue weighted by molar-refractivity contribution is 5.98. The third-order valence-corrected chi connectivity index (χ3v) is 4.21. The fraction of sp³-hybridized carbons (Fsp3) is 0.350. The van der Waals surface area contributed by atoms with Crippen molar-refractivity contribution in [2.75, 3.05) is 31.1 Å². The molecule has 162 valence electrons. The minimum Gasteiger partial charge on any atom is -0.484 e. The third-order valence-electron chi connectivity index (χ3n) is 4.21. The molecule has 10 heteroatoms. The van der Waals surface area contributed by atoms with Crippen LogP contribution in [0.25, 0.3) is 0 Å². The summed E-state index contributed by atoms with van der Waals surface area (Å²) in [6.45, 7) is 2.10. The van der Waals surface area contributed by atoms with Crippen LogP contribution in [-0.2, 0) is 0 Å². The lowest BCUT2D eigenvalue weighted by Gasteiger charge is -2.23. The zero-order chi connectivity index (χ0) is 22.1. The van der Waals surface area contributed by atoms with Crippen molar-refractivity contribution in [2.24, 2.45) is 0 Å². The van der Waals surface area contributed by atoms with Crippen LogP contribution < -0.4 is 15.0 Å². The van der Waals surface area contributed by atoms with Crippen LogP contribution in [0.15, 0.2) is 48.5 Å². The van der Waals surface area contributed by atoms with Gasteiger partial charge < -0.3 is 15.0 Å². The average molecular weight is 425 g/mol. The highest BCUT2D eigenvalue weighted by Crippen LogP contribution is 2.26. The van der Waals surface area contributed by atoms with Gasteiger partial charge in [-0.1, -0.05) is 18.2 Å². The van der Waals surface area contributed by atoms with Gasteiger partial charge in [0.15, 0.2) is 6.61 Å². The largest absolute Gasteiger partial charge is 0.484 e. The van der Waals surface area contributed by atoms with E-state index in [4.69, 9.17) is 0 Å². The maximum absolute atomic E-state index is 12.4. The molecule has 0 spiro atoms. The Balaban J connectivity index is 1.98. The van der Waals surface area contributed by atoms with Crippen molar-refractivity contribution in [3.05, 3.63) is 64.2 Å². The van der Waals surface area contributed by atoms with Crippen molar-refractivity contribution >= 4 is 17.3 Å². The molecular formula is C20H22F3N3O4. The van der Waals surface area contributed by atoms with E-state index in [2.05, 4.69) is 15.0 Å². The molecule has 0 aliphatic heterocycles. The number of nitro groups is 1. The molecule has 0 saturated carbocycles. The molecule has 7 nitrogen and oxygen atoms in total. The Morgan fingerprint density at radius 2 is 1.90 bits per heavy atom. The number of para-hydroxylation sites is 1. The average Bonchev–Trinajstić information content (AvgIpc) is 2.72. The van der Waals surface area contributed by atoms with E-state index < -0.39 is 29.3 Å². The van der Waals surface area contributed by atoms with Gasteiger partial charge in [0.1, 0.15) is 11.3 Å². The molecule has 0 aliphatic carbocycles. The van der Waals surface area contributed by atoms with E-state index in [0.717, 1.165) is 30.4 Å². The quantitative estimate of drug-likeness (QED) is 0.351. The number of benzene rings is 2. The zero-order valence-electron chi connectivity index (χ0n) is 16.3. The second-order valence-corrected chi connectivity index (χ2v) is 6.36. The van der Waals surface area contributed by atoms with Gasteiger partial charge in [0.25, 0.3) is 11.6 Å². The summed E-state index contributed by atoms with van der Waals surface area (Å²) in [6, 6.07) is 12.6. The van der Waals surface area contributed by atoms with Gasteiger partial charge in [-0.25, -0.2) is 0 Å². The minimum atomic E-state index is -4.56. The van der Waals surface area contributed by atoms with E-state index in [0.29, 0.717) is 13.0 Å². The van der Waals surface area contributed by atoms with Gasteiger partial charge in [-0.3, -0.25) is 14.9 Å². The van der Waals surface area contributed by atoms with Crippen molar-refractivity contribution in [3.8, 4) is 5.75 Å². The van der Waals surface area contributed by atoms with Gasteiger partial charge in [-0.15, -0.1) is 0 Å². The number of anilines is 1. The molecule has 2 aromatic carbocycles. The van der Waals surface area contributed by atoms with Gasteiger partial charge in [-0.05, 0) is 37.6 Å². The second kappa shape index (κ2) is 10.5. The first-order valence-corrected chi connectivity index (χ1v) is 9.27. The van der Waals surface area contributed by atoms with Crippen molar-refractivity contribution in [2.45, 2.75) is 19.5 Å². The van der Waals surface area contributed by atoms with Crippen molar-refractivity contribution < 1.29 is 27.6 Å². The number of halogens is 3. The van der Waals surface area contributed by atoms with Crippen LogP contribution in [0.2, 0.25) is 0 Å². The molecule has 0 aliphatic rings. The predicted octanol–water partition coefficient (Wildman–Crippen LogP) is 4.18. The lowest BCUT2D eigenvalue weighted by Crippen LogP contribution is -2.30. The van der Waals surface area contributed by atoms with Crippen LogP contribution >= 0.6 is 0 Å². The summed E-state index contributed by atoms with van der Waals surface area (Å²) in [6.07, 6.45) is -3.99. The predicted molar refractivity (Wildman–Crippen MR) is 106 cm³/mol. The Morgan fingerprint density at radius 3 is 2.50 bits per heavy atom. The van der Waals surface area contributed by atoms with E-state index in [-0.39, 0.29) is 17.9 Å². The monoisotopic (exact) mass is 425 g/mol. The van der Waals surface area contributed by atoms with Crippen molar-refractivity contribution in [1.29, 1.82) is 0 Å². The van der Waals surface area contributed by atoms with E-state index in [9.17, 15) is 28.1 Å². The first kappa shape index (κ1) is 23.0. The third kappa shape index (κ3) is 6.94. The van der Waals surface area contributed by atoms with Crippen molar-refractivity contribution in [1.82, 2.24) is 5.32 Å². The number of rotatable bonds is 10. The van der Waals surface area contributed by atoms with Crippen LogP contribution in [0, 0.1) is 10.1 Å². The molecule has 1 N–H and O–H groups in total. The van der Waals surface area contributed by atoms with Crippen LogP contribution in [0.1, 0.15) is 23.7 Å². The molecule has 0 fully saturated rings. The van der Waals surface area contributed by atoms with Crippen LogP contribution in [0.4, 0.5) is 24.5 Å². The Kier molecular flexibility index (Phi) is 8.02. The molecular weight excluding hydrogens is 403 g/mol. The second-order valence-electron chi connectivity index (χ2n) is 6.36. The standard InChI is InChI=1S/C20H22F3N3O4/c1-2-25(15-7-4-3-5-8-15)12-6-11-24-19(27)17-13-16(30-14-20(21,22)23)9-10-18(17)26(28)29/h3-5,7-10,13H,2,6,11-12,14H2,1H3,(H,24,27). The summed E-state index contributed by atoms with van der Waals surface area (Å²) in [5.74, 6) is -1.02. The Morgan fingerprint density at radius 1 is 1.20 bits per heavy atom. The number of nitrogens with one attached hydrogen (secondary N) is 1. The fourth-order valence-corrected chi connectivity index (χ4v) is 2.79. The van der Waals surface area contributed by atoms with Crippen molar-refractivity contribution in [3.63, 3.8) is 0 Å². The molecule has 0 bridgehead atoms. The van der Waals surface area contributed by atoms with Crippen LogP contribution in [0.3, 0.4) is 0 Å². The number of nitrogens with zero attached hydrogens (tertiary/aromatic N) is 2. The summed E-state index contributed by atoms with van der Waals surface area (Å²) in [5.41, 5.74) is 0.179. The number of hydrogen-bond acceptors (Lipinski definition) is 5. The highest BCUT2D eigenvalue weighted by atomic mass is 19.4. The number of hydrogen-bond donors (Lipinski definition) is 1. The maximum Gasteiger partial charge on any atom is 0.422 e. The van der Waals surface area contributed by atoms with Crippen LogP contribution in [0.5, 0.6) is 5.75 Å².